The lowest BCUT2D eigenvalue weighted by Gasteiger charge is -2.25. The number of carbonyl (C=O) groups is 1. The molecule has 1 aliphatic rings. The molecule has 0 spiro atoms. The number of halogens is 3. The third-order valence-corrected chi connectivity index (χ3v) is 6.73. The first-order valence-electron chi connectivity index (χ1n) is 11.0. The lowest BCUT2D eigenvalue weighted by Crippen LogP contribution is -2.32. The predicted octanol–water partition coefficient (Wildman–Crippen LogP) is 3.64. The van der Waals surface area contributed by atoms with Crippen molar-refractivity contribution in [2.75, 3.05) is 30.1 Å². The summed E-state index contributed by atoms with van der Waals surface area (Å²) < 4.78 is 69.1. The van der Waals surface area contributed by atoms with Crippen LogP contribution in [0, 0.1) is 11.3 Å². The van der Waals surface area contributed by atoms with Crippen molar-refractivity contribution in [2.45, 2.75) is 17.7 Å². The summed E-state index contributed by atoms with van der Waals surface area (Å²) in [6, 6.07) is 11.4. The van der Waals surface area contributed by atoms with Crippen molar-refractivity contribution in [1.82, 2.24) is 9.97 Å². The normalized spacial score (nSPS) is 13.9. The quantitative estimate of drug-likeness (QED) is 0.465. The van der Waals surface area contributed by atoms with Gasteiger partial charge in [-0.1, -0.05) is 12.1 Å². The maximum absolute atomic E-state index is 13.5. The van der Waals surface area contributed by atoms with Crippen LogP contribution in [0.2, 0.25) is 0 Å². The fourth-order valence-corrected chi connectivity index (χ4v) is 4.73. The number of ether oxygens (including phenoxy) is 1. The number of hydrogen-bond acceptors (Lipinski definition) is 8. The van der Waals surface area contributed by atoms with E-state index in [0.29, 0.717) is 34.0 Å². The van der Waals surface area contributed by atoms with Crippen LogP contribution in [0.1, 0.15) is 27.2 Å². The molecule has 38 heavy (non-hydrogen) atoms. The number of amides is 1. The van der Waals surface area contributed by atoms with Crippen molar-refractivity contribution >= 4 is 32.7 Å². The van der Waals surface area contributed by atoms with Gasteiger partial charge in [0.2, 0.25) is 0 Å². The Morgan fingerprint density at radius 2 is 1.95 bits per heavy atom. The molecule has 0 aliphatic carbocycles. The molecule has 0 bridgehead atoms. The molecule has 0 atom stereocenters. The fraction of sp³-hybridized carbons (Fsp3) is 0.200. The summed E-state index contributed by atoms with van der Waals surface area (Å²) in [5, 5.41) is 8.93. The number of nitrogens with two attached hydrogens (primary N) is 1. The molecule has 2 N–H and O–H groups in total. The Balaban J connectivity index is 1.77. The molecule has 1 aromatic carbocycles. The summed E-state index contributed by atoms with van der Waals surface area (Å²) in [6.45, 7) is 0.191. The summed E-state index contributed by atoms with van der Waals surface area (Å²) in [6.07, 6.45) is -1.74. The molecule has 0 unspecified atom stereocenters. The number of nitrogens with zero attached hydrogens (tertiary/aromatic N) is 4. The highest BCUT2D eigenvalue weighted by Gasteiger charge is 2.33. The monoisotopic (exact) mass is 543 g/mol. The van der Waals surface area contributed by atoms with Gasteiger partial charge in [-0.2, -0.15) is 18.4 Å². The third kappa shape index (κ3) is 5.51. The molecule has 0 radical (unpaired) electrons. The van der Waals surface area contributed by atoms with Gasteiger partial charge in [-0.05, 0) is 35.9 Å². The number of carbonyl (C=O) groups excluding carboxylic acids is 1. The Labute approximate surface area is 215 Å². The number of nitrogen functional groups attached to an aromatic ring is 1. The Hall–Kier alpha value is -4.28. The summed E-state index contributed by atoms with van der Waals surface area (Å²) in [4.78, 5) is 21.9. The lowest BCUT2D eigenvalue weighted by molar-refractivity contribution is -0.141. The maximum atomic E-state index is 13.5. The predicted molar refractivity (Wildman–Crippen MR) is 131 cm³/mol. The van der Waals surface area contributed by atoms with Crippen LogP contribution < -0.4 is 10.6 Å². The highest BCUT2D eigenvalue weighted by Crippen LogP contribution is 2.32. The molecule has 196 valence electrons. The molecule has 0 fully saturated rings. The van der Waals surface area contributed by atoms with Crippen LogP contribution in [0.3, 0.4) is 0 Å². The maximum Gasteiger partial charge on any atom is 0.433 e. The van der Waals surface area contributed by atoms with Gasteiger partial charge in [0.25, 0.3) is 5.91 Å². The van der Waals surface area contributed by atoms with Crippen LogP contribution >= 0.6 is 0 Å². The molecule has 1 amide bonds. The smallest absolute Gasteiger partial charge is 0.398 e. The van der Waals surface area contributed by atoms with Crippen molar-refractivity contribution in [2.24, 2.45) is 0 Å². The van der Waals surface area contributed by atoms with E-state index < -0.39 is 27.6 Å². The van der Waals surface area contributed by atoms with Crippen LogP contribution in [-0.4, -0.2) is 43.8 Å². The Bertz CT molecular complexity index is 1580. The summed E-state index contributed by atoms with van der Waals surface area (Å²) >= 11 is 0. The van der Waals surface area contributed by atoms with Crippen LogP contribution in [0.15, 0.2) is 65.5 Å². The molecular weight excluding hydrogens is 523 g/mol. The van der Waals surface area contributed by atoms with Crippen molar-refractivity contribution in [1.29, 1.82) is 5.26 Å². The van der Waals surface area contributed by atoms with E-state index in [-0.39, 0.29) is 36.0 Å². The molecule has 4 rings (SSSR count). The highest BCUT2D eigenvalue weighted by molar-refractivity contribution is 7.90. The number of alkyl halides is 3. The number of aromatic nitrogens is 2. The zero-order valence-electron chi connectivity index (χ0n) is 19.9. The molecule has 9 nitrogen and oxygen atoms in total. The van der Waals surface area contributed by atoms with Gasteiger partial charge in [0.15, 0.2) is 14.9 Å². The number of benzene rings is 1. The summed E-state index contributed by atoms with van der Waals surface area (Å²) in [5.74, 6) is -0.801. The first-order chi connectivity index (χ1) is 17.9. The van der Waals surface area contributed by atoms with Crippen molar-refractivity contribution < 1.29 is 31.1 Å². The fourth-order valence-electron chi connectivity index (χ4n) is 3.92. The second kappa shape index (κ2) is 10.2. The van der Waals surface area contributed by atoms with Crippen molar-refractivity contribution in [3.63, 3.8) is 0 Å². The molecule has 0 saturated carbocycles. The second-order valence-corrected chi connectivity index (χ2v) is 10.3. The van der Waals surface area contributed by atoms with Gasteiger partial charge >= 0.3 is 6.18 Å². The van der Waals surface area contributed by atoms with E-state index in [1.807, 2.05) is 0 Å². The molecule has 13 heteroatoms. The lowest BCUT2D eigenvalue weighted by atomic mass is 9.99. The van der Waals surface area contributed by atoms with Gasteiger partial charge in [-0.25, -0.2) is 13.4 Å². The van der Waals surface area contributed by atoms with Gasteiger partial charge in [0.05, 0.1) is 42.7 Å². The number of hydrogen-bond donors (Lipinski definition) is 1. The number of nitriles is 1. The van der Waals surface area contributed by atoms with Crippen LogP contribution in [0.25, 0.3) is 5.57 Å². The van der Waals surface area contributed by atoms with E-state index in [0.717, 1.165) is 23.4 Å². The molecule has 1 aliphatic heterocycles. The van der Waals surface area contributed by atoms with Gasteiger partial charge < -0.3 is 15.4 Å². The van der Waals surface area contributed by atoms with E-state index >= 15 is 0 Å². The largest absolute Gasteiger partial charge is 0.433 e. The van der Waals surface area contributed by atoms with Crippen molar-refractivity contribution in [3.8, 4) is 6.07 Å². The molecule has 3 heterocycles. The average molecular weight is 544 g/mol. The minimum Gasteiger partial charge on any atom is -0.398 e. The second-order valence-electron chi connectivity index (χ2n) is 8.40. The number of pyridine rings is 2. The van der Waals surface area contributed by atoms with E-state index in [2.05, 4.69) is 16.0 Å². The highest BCUT2D eigenvalue weighted by atomic mass is 32.2. The molecule has 3 aromatic rings. The van der Waals surface area contributed by atoms with E-state index in [1.54, 1.807) is 18.2 Å². The zero-order valence-corrected chi connectivity index (χ0v) is 20.7. The van der Waals surface area contributed by atoms with Gasteiger partial charge in [0.1, 0.15) is 5.69 Å². The Kier molecular flexibility index (Phi) is 7.21. The van der Waals surface area contributed by atoms with E-state index in [9.17, 15) is 31.6 Å². The van der Waals surface area contributed by atoms with Crippen molar-refractivity contribution in [3.05, 3.63) is 82.8 Å². The van der Waals surface area contributed by atoms with E-state index in [1.165, 1.54) is 18.3 Å². The van der Waals surface area contributed by atoms with Crippen LogP contribution in [-0.2, 0) is 27.3 Å². The average Bonchev–Trinajstić information content (AvgIpc) is 3.34. The van der Waals surface area contributed by atoms with Gasteiger partial charge in [0, 0.05) is 35.5 Å². The standard InChI is InChI=1S/C25H20F3N5O4S/c1-38(35,36)23-21(3-2-8-31-23)33(24(34)16-5-7-22(32-11-16)25(26,27)28)12-15-4-6-18(20(30)9-15)19-14-37-13-17(19)10-29/h2-9,11H,12-14,30H2,1H3. The van der Waals surface area contributed by atoms with Gasteiger partial charge in [-0.3, -0.25) is 9.78 Å². The Morgan fingerprint density at radius 1 is 1.18 bits per heavy atom. The topological polar surface area (TPSA) is 139 Å². The minimum atomic E-state index is -4.70. The number of sulfone groups is 1. The van der Waals surface area contributed by atoms with Crippen LogP contribution in [0.5, 0.6) is 0 Å². The molecule has 0 saturated heterocycles. The molecule has 2 aromatic heterocycles. The first-order valence-corrected chi connectivity index (χ1v) is 12.9. The third-order valence-electron chi connectivity index (χ3n) is 5.71. The van der Waals surface area contributed by atoms with Crippen LogP contribution in [0.4, 0.5) is 24.5 Å². The Morgan fingerprint density at radius 3 is 2.55 bits per heavy atom. The molecular formula is C25H20F3N5O4S. The number of rotatable bonds is 6. The van der Waals surface area contributed by atoms with Gasteiger partial charge in [-0.15, -0.1) is 0 Å². The number of anilines is 2. The zero-order chi connectivity index (χ0) is 27.7. The SMILES string of the molecule is CS(=O)(=O)c1ncccc1N(Cc1ccc(C2=C(C#N)COC2)c(N)c1)C(=O)c1ccc(C(F)(F)F)nc1. The summed E-state index contributed by atoms with van der Waals surface area (Å²) in [5.41, 5.74) is 7.28. The summed E-state index contributed by atoms with van der Waals surface area (Å²) in [7, 11) is -3.89. The minimum absolute atomic E-state index is 0.0683. The van der Waals surface area contributed by atoms with E-state index in [4.69, 9.17) is 10.5 Å². The first kappa shape index (κ1) is 26.8.